The van der Waals surface area contributed by atoms with Crippen LogP contribution in [0.1, 0.15) is 6.42 Å². The van der Waals surface area contributed by atoms with Crippen LogP contribution in [0.4, 0.5) is 0 Å². The van der Waals surface area contributed by atoms with Crippen LogP contribution in [0.5, 0.6) is 0 Å². The largest absolute Gasteiger partial charge is 0.744 e. The van der Waals surface area contributed by atoms with Crippen molar-refractivity contribution in [2.24, 2.45) is 0 Å². The monoisotopic (exact) mass is 344 g/mol. The number of amides is 1. The van der Waals surface area contributed by atoms with Crippen LogP contribution in [0.2, 0.25) is 0 Å². The van der Waals surface area contributed by atoms with Gasteiger partial charge in [-0.25, -0.2) is 13.9 Å². The van der Waals surface area contributed by atoms with Crippen LogP contribution in [-0.4, -0.2) is 57.7 Å². The maximum Gasteiger partial charge on any atom is 0.266 e. The fraction of sp³-hybridized carbons (Fsp3) is 0.400. The van der Waals surface area contributed by atoms with Crippen LogP contribution >= 0.6 is 0 Å². The number of nitrogens with one attached hydrogen (secondary N) is 1. The highest BCUT2D eigenvalue weighted by molar-refractivity contribution is 7.85. The van der Waals surface area contributed by atoms with Crippen molar-refractivity contribution in [1.82, 2.24) is 5.48 Å². The Kier molecular flexibility index (Phi) is 9.35. The minimum atomic E-state index is -4.25. The number of benzene rings is 1. The van der Waals surface area contributed by atoms with Gasteiger partial charge in [0.2, 0.25) is 0 Å². The normalized spacial score (nSPS) is 11.1. The van der Waals surface area contributed by atoms with E-state index in [1.807, 2.05) is 0 Å². The molecule has 1 amide bonds. The van der Waals surface area contributed by atoms with Gasteiger partial charge in [-0.2, -0.15) is 0 Å². The summed E-state index contributed by atoms with van der Waals surface area (Å²) in [5.41, 5.74) is 2.25. The third kappa shape index (κ3) is 12.5. The third-order valence-corrected chi connectivity index (χ3v) is 3.31. The molecule has 0 saturated heterocycles. The van der Waals surface area contributed by atoms with E-state index < -0.39 is 10.1 Å². The molecule has 0 spiro atoms. The lowest BCUT2D eigenvalue weighted by atomic mass is 10.4. The van der Waals surface area contributed by atoms with Crippen LogP contribution in [0.3, 0.4) is 0 Å². The predicted octanol–water partition coefficient (Wildman–Crippen LogP) is 0.907. The molecule has 0 aliphatic rings. The Balaban J connectivity index is 0.000000433. The van der Waals surface area contributed by atoms with Gasteiger partial charge in [-0.3, -0.25) is 9.63 Å². The molecular formula is C15H24N2O5S. The van der Waals surface area contributed by atoms with Crippen molar-refractivity contribution in [1.29, 1.82) is 0 Å². The molecule has 0 aromatic heterocycles. The molecule has 0 atom stereocenters. The Bertz CT molecular complexity index is 580. The zero-order valence-corrected chi connectivity index (χ0v) is 14.5. The quantitative estimate of drug-likeness (QED) is 0.261. The van der Waals surface area contributed by atoms with Gasteiger partial charge in [0, 0.05) is 6.42 Å². The van der Waals surface area contributed by atoms with E-state index in [9.17, 15) is 17.8 Å². The molecule has 0 fully saturated rings. The van der Waals surface area contributed by atoms with E-state index in [1.54, 1.807) is 6.07 Å². The van der Waals surface area contributed by atoms with E-state index in [-0.39, 0.29) is 10.8 Å². The van der Waals surface area contributed by atoms with Crippen LogP contribution in [0.25, 0.3) is 0 Å². The molecule has 8 heteroatoms. The zero-order chi connectivity index (χ0) is 17.9. The van der Waals surface area contributed by atoms with Gasteiger partial charge < -0.3 is 9.04 Å². The highest BCUT2D eigenvalue weighted by atomic mass is 32.2. The molecule has 7 nitrogen and oxygen atoms in total. The van der Waals surface area contributed by atoms with Crippen molar-refractivity contribution in [2.75, 3.05) is 34.3 Å². The Morgan fingerprint density at radius 1 is 1.30 bits per heavy atom. The second-order valence-electron chi connectivity index (χ2n) is 5.65. The molecule has 1 aromatic carbocycles. The lowest BCUT2D eigenvalue weighted by molar-refractivity contribution is -0.870. The zero-order valence-electron chi connectivity index (χ0n) is 13.7. The van der Waals surface area contributed by atoms with E-state index in [4.69, 9.17) is 4.84 Å². The molecule has 0 heterocycles. The molecule has 0 aliphatic carbocycles. The molecule has 0 unspecified atom stereocenters. The van der Waals surface area contributed by atoms with Gasteiger partial charge in [-0.15, -0.1) is 0 Å². The number of hydrogen-bond acceptors (Lipinski definition) is 5. The van der Waals surface area contributed by atoms with E-state index in [0.717, 1.165) is 17.4 Å². The molecular weight excluding hydrogens is 320 g/mol. The van der Waals surface area contributed by atoms with E-state index in [1.165, 1.54) is 30.3 Å². The number of nitrogens with zero attached hydrogens (tertiary/aromatic N) is 1. The fourth-order valence-corrected chi connectivity index (χ4v) is 1.85. The summed E-state index contributed by atoms with van der Waals surface area (Å²) in [7, 11) is 2.09. The molecule has 0 aliphatic heterocycles. The average Bonchev–Trinajstić information content (AvgIpc) is 2.46. The van der Waals surface area contributed by atoms with Gasteiger partial charge in [0.05, 0.1) is 39.2 Å². The third-order valence-electron chi connectivity index (χ3n) is 2.47. The molecule has 1 N–H and O–H groups in total. The smallest absolute Gasteiger partial charge is 0.266 e. The fourth-order valence-electron chi connectivity index (χ4n) is 1.36. The first-order chi connectivity index (χ1) is 10.6. The van der Waals surface area contributed by atoms with E-state index in [2.05, 4.69) is 33.2 Å². The maximum absolute atomic E-state index is 10.6. The van der Waals surface area contributed by atoms with Crippen LogP contribution in [0, 0.1) is 0 Å². The highest BCUT2D eigenvalue weighted by Gasteiger charge is 2.05. The first-order valence-electron chi connectivity index (χ1n) is 6.92. The number of rotatable bonds is 7. The van der Waals surface area contributed by atoms with Crippen molar-refractivity contribution in [2.45, 2.75) is 11.3 Å². The standard InChI is InChI=1S/C9H18N2O2.C6H6O3S/c1-5-9(12)10-13-8-6-7-11(2,3)4;7-10(8,9)6-4-2-1-3-5-6/h5H,1,6-8H2,2-4H3;1-5H,(H,7,8,9). The van der Waals surface area contributed by atoms with Crippen molar-refractivity contribution in [3.8, 4) is 0 Å². The SMILES string of the molecule is C=CC(=O)NOCCC[N+](C)(C)C.O=S(=O)([O-])c1ccccc1. The van der Waals surface area contributed by atoms with E-state index >= 15 is 0 Å². The molecule has 0 bridgehead atoms. The van der Waals surface area contributed by atoms with Gasteiger partial charge in [-0.1, -0.05) is 24.8 Å². The summed E-state index contributed by atoms with van der Waals surface area (Å²) >= 11 is 0. The predicted molar refractivity (Wildman–Crippen MR) is 86.2 cm³/mol. The highest BCUT2D eigenvalue weighted by Crippen LogP contribution is 2.04. The maximum atomic E-state index is 10.6. The summed E-state index contributed by atoms with van der Waals surface area (Å²) in [6, 6.07) is 7.19. The van der Waals surface area contributed by atoms with Gasteiger partial charge in [0.25, 0.3) is 5.91 Å². The van der Waals surface area contributed by atoms with Gasteiger partial charge in [-0.05, 0) is 18.2 Å². The average molecular weight is 344 g/mol. The molecule has 23 heavy (non-hydrogen) atoms. The Morgan fingerprint density at radius 2 is 1.87 bits per heavy atom. The summed E-state index contributed by atoms with van der Waals surface area (Å²) in [5.74, 6) is -0.301. The molecule has 130 valence electrons. The Morgan fingerprint density at radius 3 is 2.26 bits per heavy atom. The summed E-state index contributed by atoms with van der Waals surface area (Å²) in [6.07, 6.45) is 2.10. The molecule has 1 rings (SSSR count). The number of carbonyl (C=O) groups is 1. The summed E-state index contributed by atoms with van der Waals surface area (Å²) in [6.45, 7) is 4.86. The summed E-state index contributed by atoms with van der Waals surface area (Å²) in [5, 5.41) is 0. The first kappa shape index (κ1) is 21.3. The van der Waals surface area contributed by atoms with Crippen molar-refractivity contribution >= 4 is 16.0 Å². The number of hydrogen-bond donors (Lipinski definition) is 1. The van der Waals surface area contributed by atoms with E-state index in [0.29, 0.717) is 6.61 Å². The van der Waals surface area contributed by atoms with Crippen molar-refractivity contribution < 1.29 is 27.1 Å². The molecule has 0 saturated carbocycles. The number of quaternary nitrogens is 1. The Labute approximate surface area is 137 Å². The first-order valence-corrected chi connectivity index (χ1v) is 8.32. The van der Waals surface area contributed by atoms with Crippen molar-refractivity contribution in [3.05, 3.63) is 43.0 Å². The second kappa shape index (κ2) is 10.1. The van der Waals surface area contributed by atoms with Gasteiger partial charge in [0.1, 0.15) is 10.1 Å². The molecule has 1 aromatic rings. The number of carbonyl (C=O) groups excluding carboxylic acids is 1. The lowest BCUT2D eigenvalue weighted by Gasteiger charge is -2.23. The summed E-state index contributed by atoms with van der Waals surface area (Å²) < 4.78 is 31.7. The number of hydroxylamine groups is 1. The van der Waals surface area contributed by atoms with Gasteiger partial charge >= 0.3 is 0 Å². The molecule has 0 radical (unpaired) electrons. The van der Waals surface area contributed by atoms with Crippen LogP contribution in [-0.2, 0) is 19.8 Å². The van der Waals surface area contributed by atoms with Crippen LogP contribution in [0.15, 0.2) is 47.9 Å². The second-order valence-corrected chi connectivity index (χ2v) is 7.03. The Hall–Kier alpha value is -1.74. The minimum Gasteiger partial charge on any atom is -0.744 e. The summed E-state index contributed by atoms with van der Waals surface area (Å²) in [4.78, 5) is 15.3. The lowest BCUT2D eigenvalue weighted by Crippen LogP contribution is -2.36. The van der Waals surface area contributed by atoms with Crippen molar-refractivity contribution in [3.63, 3.8) is 0 Å². The topological polar surface area (TPSA) is 95.5 Å². The minimum absolute atomic E-state index is 0.185. The van der Waals surface area contributed by atoms with Crippen LogP contribution < -0.4 is 5.48 Å². The van der Waals surface area contributed by atoms with Gasteiger partial charge in [0.15, 0.2) is 0 Å².